The molecule has 1 atom stereocenters. The molecule has 2 saturated heterocycles. The maximum Gasteiger partial charge on any atom is 0.264 e. The summed E-state index contributed by atoms with van der Waals surface area (Å²) < 4.78 is 0. The molecule has 1 aromatic rings. The minimum atomic E-state index is -0.196. The molecule has 1 aromatic heterocycles. The summed E-state index contributed by atoms with van der Waals surface area (Å²) in [4.78, 5) is 30.3. The number of piperazine rings is 1. The summed E-state index contributed by atoms with van der Waals surface area (Å²) in [6.07, 6.45) is 4.96. The Hall–Kier alpha value is -1.89. The fourth-order valence-electron chi connectivity index (χ4n) is 3.57. The van der Waals surface area contributed by atoms with Crippen molar-refractivity contribution in [1.82, 2.24) is 20.0 Å². The molecule has 2 fully saturated rings. The van der Waals surface area contributed by atoms with Gasteiger partial charge in [-0.1, -0.05) is 12.8 Å². The molecular formula is C17H27N5O2. The third-order valence-electron chi connectivity index (χ3n) is 5.13. The molecule has 2 aliphatic heterocycles. The first-order valence-electron chi connectivity index (χ1n) is 8.98. The van der Waals surface area contributed by atoms with Crippen molar-refractivity contribution in [2.75, 3.05) is 44.2 Å². The van der Waals surface area contributed by atoms with Crippen LogP contribution in [0.1, 0.15) is 32.6 Å². The number of likely N-dealkylation sites (tertiary alicyclic amines) is 1. The first kappa shape index (κ1) is 17.0. The maximum absolute atomic E-state index is 12.8. The van der Waals surface area contributed by atoms with Gasteiger partial charge in [0, 0.05) is 32.2 Å². The van der Waals surface area contributed by atoms with Gasteiger partial charge >= 0.3 is 0 Å². The molecule has 0 aromatic carbocycles. The van der Waals surface area contributed by atoms with Gasteiger partial charge in [0.15, 0.2) is 0 Å². The number of anilines is 1. The van der Waals surface area contributed by atoms with Gasteiger partial charge < -0.3 is 9.80 Å². The number of aromatic amines is 1. The largest absolute Gasteiger partial charge is 0.352 e. The first-order chi connectivity index (χ1) is 11.6. The number of amides is 1. The molecule has 7 heteroatoms. The summed E-state index contributed by atoms with van der Waals surface area (Å²) >= 11 is 0. The zero-order chi connectivity index (χ0) is 16.9. The molecule has 132 valence electrons. The number of hydrogen-bond acceptors (Lipinski definition) is 5. The van der Waals surface area contributed by atoms with Crippen LogP contribution in [0.15, 0.2) is 16.9 Å². The number of carbonyl (C=O) groups is 1. The summed E-state index contributed by atoms with van der Waals surface area (Å²) in [5, 5.41) is 6.53. The second-order valence-corrected chi connectivity index (χ2v) is 6.72. The van der Waals surface area contributed by atoms with E-state index in [1.165, 1.54) is 31.7 Å². The van der Waals surface area contributed by atoms with Crippen molar-refractivity contribution < 1.29 is 4.79 Å². The van der Waals surface area contributed by atoms with Crippen LogP contribution in [-0.2, 0) is 4.79 Å². The molecule has 24 heavy (non-hydrogen) atoms. The summed E-state index contributed by atoms with van der Waals surface area (Å²) in [6, 6.07) is 3.19. The van der Waals surface area contributed by atoms with Crippen LogP contribution in [-0.4, -0.2) is 71.2 Å². The molecule has 3 heterocycles. The van der Waals surface area contributed by atoms with Crippen LogP contribution in [0.25, 0.3) is 0 Å². The smallest absolute Gasteiger partial charge is 0.264 e. The zero-order valence-electron chi connectivity index (χ0n) is 14.4. The highest BCUT2D eigenvalue weighted by molar-refractivity contribution is 5.81. The fourth-order valence-corrected chi connectivity index (χ4v) is 3.57. The van der Waals surface area contributed by atoms with Crippen LogP contribution in [0, 0.1) is 0 Å². The number of H-pyrrole nitrogens is 1. The lowest BCUT2D eigenvalue weighted by atomic mass is 10.2. The molecule has 0 bridgehead atoms. The third-order valence-corrected chi connectivity index (χ3v) is 5.13. The van der Waals surface area contributed by atoms with Crippen LogP contribution in [0.5, 0.6) is 0 Å². The van der Waals surface area contributed by atoms with Gasteiger partial charge in [0.2, 0.25) is 5.91 Å². The van der Waals surface area contributed by atoms with Crippen molar-refractivity contribution in [1.29, 1.82) is 0 Å². The number of rotatable bonds is 3. The Bertz CT molecular complexity index is 581. The van der Waals surface area contributed by atoms with Crippen LogP contribution >= 0.6 is 0 Å². The van der Waals surface area contributed by atoms with E-state index in [-0.39, 0.29) is 17.5 Å². The van der Waals surface area contributed by atoms with Gasteiger partial charge in [-0.3, -0.25) is 14.5 Å². The minimum absolute atomic E-state index is 0.0270. The molecule has 1 amide bonds. The average Bonchev–Trinajstić information content (AvgIpc) is 2.91. The normalized spacial score (nSPS) is 21.4. The number of nitrogens with one attached hydrogen (secondary N) is 1. The van der Waals surface area contributed by atoms with Crippen molar-refractivity contribution >= 4 is 11.7 Å². The Labute approximate surface area is 142 Å². The fraction of sp³-hybridized carbons (Fsp3) is 0.706. The molecular weight excluding hydrogens is 306 g/mol. The Balaban J connectivity index is 1.54. The standard InChI is InChI=1S/C17H27N5O2/c1-14(20-8-4-2-3-5-9-20)17(24)22-12-10-21(11-13-22)15-6-7-16(23)19-18-15/h6-7,14H,2-5,8-13H2,1H3,(H,19,23)/t14-/m0/s1. The van der Waals surface area contributed by atoms with Crippen molar-refractivity contribution in [2.45, 2.75) is 38.6 Å². The van der Waals surface area contributed by atoms with E-state index in [9.17, 15) is 9.59 Å². The quantitative estimate of drug-likeness (QED) is 0.881. The predicted molar refractivity (Wildman–Crippen MR) is 93.2 cm³/mol. The SMILES string of the molecule is C[C@@H](C(=O)N1CCN(c2ccc(=O)[nH]n2)CC1)N1CCCCCC1. The Morgan fingerprint density at radius 2 is 1.71 bits per heavy atom. The van der Waals surface area contributed by atoms with E-state index in [2.05, 4.69) is 20.0 Å². The van der Waals surface area contributed by atoms with E-state index in [0.29, 0.717) is 13.1 Å². The number of carbonyl (C=O) groups excluding carboxylic acids is 1. The lowest BCUT2D eigenvalue weighted by molar-refractivity contribution is -0.136. The summed E-state index contributed by atoms with van der Waals surface area (Å²) in [6.45, 7) is 7.02. The monoisotopic (exact) mass is 333 g/mol. The number of aromatic nitrogens is 2. The van der Waals surface area contributed by atoms with Gasteiger partial charge in [-0.05, 0) is 38.9 Å². The molecule has 0 radical (unpaired) electrons. The average molecular weight is 333 g/mol. The van der Waals surface area contributed by atoms with E-state index < -0.39 is 0 Å². The summed E-state index contributed by atoms with van der Waals surface area (Å²) in [5.41, 5.74) is -0.196. The topological polar surface area (TPSA) is 72.5 Å². The predicted octanol–water partition coefficient (Wildman–Crippen LogP) is 0.683. The molecule has 1 N–H and O–H groups in total. The van der Waals surface area contributed by atoms with Gasteiger partial charge in [-0.25, -0.2) is 5.10 Å². The summed E-state index contributed by atoms with van der Waals surface area (Å²) in [7, 11) is 0. The van der Waals surface area contributed by atoms with Crippen molar-refractivity contribution in [3.8, 4) is 0 Å². The highest BCUT2D eigenvalue weighted by Crippen LogP contribution is 2.16. The summed E-state index contributed by atoms with van der Waals surface area (Å²) in [5.74, 6) is 1.01. The Morgan fingerprint density at radius 1 is 1.04 bits per heavy atom. The highest BCUT2D eigenvalue weighted by atomic mass is 16.2. The third kappa shape index (κ3) is 3.95. The van der Waals surface area contributed by atoms with Crippen LogP contribution in [0.3, 0.4) is 0 Å². The van der Waals surface area contributed by atoms with Gasteiger partial charge in [0.1, 0.15) is 5.82 Å². The van der Waals surface area contributed by atoms with E-state index in [1.54, 1.807) is 6.07 Å². The maximum atomic E-state index is 12.8. The van der Waals surface area contributed by atoms with Gasteiger partial charge in [0.05, 0.1) is 6.04 Å². The second-order valence-electron chi connectivity index (χ2n) is 6.72. The molecule has 0 spiro atoms. The molecule has 2 aliphatic rings. The lowest BCUT2D eigenvalue weighted by Crippen LogP contribution is -2.54. The minimum Gasteiger partial charge on any atom is -0.352 e. The van der Waals surface area contributed by atoms with E-state index in [0.717, 1.165) is 32.0 Å². The van der Waals surface area contributed by atoms with Gasteiger partial charge in [-0.15, -0.1) is 0 Å². The number of hydrogen-bond donors (Lipinski definition) is 1. The zero-order valence-corrected chi connectivity index (χ0v) is 14.4. The Kier molecular flexibility index (Phi) is 5.50. The molecule has 0 aliphatic carbocycles. The van der Waals surface area contributed by atoms with Crippen molar-refractivity contribution in [2.24, 2.45) is 0 Å². The van der Waals surface area contributed by atoms with Crippen LogP contribution in [0.4, 0.5) is 5.82 Å². The second kappa shape index (κ2) is 7.79. The first-order valence-corrected chi connectivity index (χ1v) is 8.98. The van der Waals surface area contributed by atoms with Crippen molar-refractivity contribution in [3.05, 3.63) is 22.5 Å². The van der Waals surface area contributed by atoms with Crippen LogP contribution < -0.4 is 10.5 Å². The van der Waals surface area contributed by atoms with Gasteiger partial charge in [0.25, 0.3) is 5.56 Å². The van der Waals surface area contributed by atoms with E-state index in [1.807, 2.05) is 11.8 Å². The van der Waals surface area contributed by atoms with E-state index in [4.69, 9.17) is 0 Å². The van der Waals surface area contributed by atoms with Crippen molar-refractivity contribution in [3.63, 3.8) is 0 Å². The van der Waals surface area contributed by atoms with E-state index >= 15 is 0 Å². The van der Waals surface area contributed by atoms with Gasteiger partial charge in [-0.2, -0.15) is 5.10 Å². The van der Waals surface area contributed by atoms with Crippen LogP contribution in [0.2, 0.25) is 0 Å². The highest BCUT2D eigenvalue weighted by Gasteiger charge is 2.29. The molecule has 0 unspecified atom stereocenters. The number of nitrogens with zero attached hydrogens (tertiary/aromatic N) is 4. The molecule has 3 rings (SSSR count). The lowest BCUT2D eigenvalue weighted by Gasteiger charge is -2.38. The molecule has 0 saturated carbocycles. The Morgan fingerprint density at radius 3 is 2.29 bits per heavy atom. The molecule has 7 nitrogen and oxygen atoms in total.